The van der Waals surface area contributed by atoms with E-state index in [-0.39, 0.29) is 0 Å². The molecule has 0 unspecified atom stereocenters. The van der Waals surface area contributed by atoms with Crippen molar-refractivity contribution < 1.29 is 0 Å². The van der Waals surface area contributed by atoms with Crippen molar-refractivity contribution in [2.45, 2.75) is 20.3 Å². The average molecular weight is 279 g/mol. The van der Waals surface area contributed by atoms with E-state index < -0.39 is 0 Å². The SMILES string of the molecule is CCc1nc(N)cc(Nc2cccc3ccc(C)nc23)n1. The molecule has 0 spiro atoms. The summed E-state index contributed by atoms with van der Waals surface area (Å²) in [6.45, 7) is 3.98. The molecule has 0 aliphatic heterocycles. The first kappa shape index (κ1) is 13.3. The highest BCUT2D eigenvalue weighted by Gasteiger charge is 2.06. The van der Waals surface area contributed by atoms with Gasteiger partial charge < -0.3 is 11.1 Å². The third-order valence-electron chi connectivity index (χ3n) is 3.23. The van der Waals surface area contributed by atoms with Gasteiger partial charge in [0.15, 0.2) is 0 Å². The molecule has 0 radical (unpaired) electrons. The van der Waals surface area contributed by atoms with Crippen LogP contribution in [0.2, 0.25) is 0 Å². The summed E-state index contributed by atoms with van der Waals surface area (Å²) in [5.74, 6) is 1.88. The van der Waals surface area contributed by atoms with Gasteiger partial charge in [-0.1, -0.05) is 25.1 Å². The standard InChI is InChI=1S/C16H17N5/c1-3-14-20-13(17)9-15(21-14)19-12-6-4-5-11-8-7-10(2)18-16(11)12/h4-9H,3H2,1-2H3,(H3,17,19,20,21). The molecule has 5 nitrogen and oxygen atoms in total. The summed E-state index contributed by atoms with van der Waals surface area (Å²) in [5.41, 5.74) is 8.64. The van der Waals surface area contributed by atoms with Crippen molar-refractivity contribution in [1.82, 2.24) is 15.0 Å². The van der Waals surface area contributed by atoms with E-state index in [1.165, 1.54) is 0 Å². The number of pyridine rings is 1. The van der Waals surface area contributed by atoms with Gasteiger partial charge in [0, 0.05) is 23.6 Å². The number of para-hydroxylation sites is 1. The smallest absolute Gasteiger partial charge is 0.136 e. The predicted molar refractivity (Wildman–Crippen MR) is 85.6 cm³/mol. The fourth-order valence-electron chi connectivity index (χ4n) is 2.22. The van der Waals surface area contributed by atoms with Gasteiger partial charge in [0.05, 0.1) is 11.2 Å². The van der Waals surface area contributed by atoms with E-state index in [4.69, 9.17) is 5.73 Å². The summed E-state index contributed by atoms with van der Waals surface area (Å²) in [6.07, 6.45) is 0.743. The van der Waals surface area contributed by atoms with Gasteiger partial charge in [-0.2, -0.15) is 0 Å². The third-order valence-corrected chi connectivity index (χ3v) is 3.23. The molecule has 0 saturated heterocycles. The first-order chi connectivity index (χ1) is 10.2. The van der Waals surface area contributed by atoms with E-state index in [0.717, 1.165) is 34.5 Å². The van der Waals surface area contributed by atoms with Crippen LogP contribution in [0.15, 0.2) is 36.4 Å². The lowest BCUT2D eigenvalue weighted by atomic mass is 10.1. The molecule has 5 heteroatoms. The van der Waals surface area contributed by atoms with Crippen LogP contribution in [0.25, 0.3) is 10.9 Å². The van der Waals surface area contributed by atoms with Crippen molar-refractivity contribution in [2.75, 3.05) is 11.1 Å². The largest absolute Gasteiger partial charge is 0.384 e. The number of rotatable bonds is 3. The number of nitrogens with two attached hydrogens (primary N) is 1. The third kappa shape index (κ3) is 2.76. The number of hydrogen-bond donors (Lipinski definition) is 2. The molecule has 3 N–H and O–H groups in total. The molecule has 0 saturated carbocycles. The van der Waals surface area contributed by atoms with Crippen LogP contribution >= 0.6 is 0 Å². The molecule has 1 aromatic carbocycles. The number of anilines is 3. The van der Waals surface area contributed by atoms with Gasteiger partial charge in [-0.15, -0.1) is 0 Å². The molecule has 2 heterocycles. The summed E-state index contributed by atoms with van der Waals surface area (Å²) >= 11 is 0. The van der Waals surface area contributed by atoms with Crippen LogP contribution in [0, 0.1) is 6.92 Å². The first-order valence-corrected chi connectivity index (χ1v) is 6.92. The molecule has 3 rings (SSSR count). The number of aryl methyl sites for hydroxylation is 2. The van der Waals surface area contributed by atoms with Gasteiger partial charge in [0.2, 0.25) is 0 Å². The number of benzene rings is 1. The van der Waals surface area contributed by atoms with Gasteiger partial charge >= 0.3 is 0 Å². The monoisotopic (exact) mass is 279 g/mol. The highest BCUT2D eigenvalue weighted by Crippen LogP contribution is 2.25. The fraction of sp³-hybridized carbons (Fsp3) is 0.188. The summed E-state index contributed by atoms with van der Waals surface area (Å²) in [4.78, 5) is 13.2. The van der Waals surface area contributed by atoms with E-state index in [0.29, 0.717) is 11.6 Å². The lowest BCUT2D eigenvalue weighted by Gasteiger charge is -2.10. The Balaban J connectivity index is 2.05. The van der Waals surface area contributed by atoms with Crippen molar-refractivity contribution >= 4 is 28.2 Å². The summed E-state index contributed by atoms with van der Waals surface area (Å²) < 4.78 is 0. The Labute approximate surface area is 123 Å². The van der Waals surface area contributed by atoms with E-state index in [1.807, 2.05) is 38.1 Å². The lowest BCUT2D eigenvalue weighted by molar-refractivity contribution is 0.948. The second-order valence-electron chi connectivity index (χ2n) is 4.90. The van der Waals surface area contributed by atoms with Crippen LogP contribution in [0.5, 0.6) is 0 Å². The van der Waals surface area contributed by atoms with Crippen LogP contribution in [0.1, 0.15) is 18.4 Å². The maximum absolute atomic E-state index is 5.82. The first-order valence-electron chi connectivity index (χ1n) is 6.92. The molecule has 3 aromatic rings. The van der Waals surface area contributed by atoms with Crippen LogP contribution in [0.3, 0.4) is 0 Å². The topological polar surface area (TPSA) is 76.7 Å². The normalized spacial score (nSPS) is 10.8. The van der Waals surface area contributed by atoms with Crippen molar-refractivity contribution in [3.05, 3.63) is 47.9 Å². The molecule has 0 fully saturated rings. The van der Waals surface area contributed by atoms with Crippen molar-refractivity contribution in [3.8, 4) is 0 Å². The molecule has 106 valence electrons. The number of nitrogens with zero attached hydrogens (tertiary/aromatic N) is 3. The summed E-state index contributed by atoms with van der Waals surface area (Å²) in [6, 6.07) is 11.8. The lowest BCUT2D eigenvalue weighted by Crippen LogP contribution is -2.03. The Bertz CT molecular complexity index is 798. The number of aromatic nitrogens is 3. The number of fused-ring (bicyclic) bond motifs is 1. The number of hydrogen-bond acceptors (Lipinski definition) is 5. The van der Waals surface area contributed by atoms with Crippen molar-refractivity contribution in [3.63, 3.8) is 0 Å². The van der Waals surface area contributed by atoms with Gasteiger partial charge in [-0.3, -0.25) is 4.98 Å². The van der Waals surface area contributed by atoms with E-state index in [1.54, 1.807) is 6.07 Å². The Morgan fingerprint density at radius 2 is 1.95 bits per heavy atom. The summed E-state index contributed by atoms with van der Waals surface area (Å²) in [7, 11) is 0. The minimum absolute atomic E-state index is 0.466. The second kappa shape index (κ2) is 5.36. The Hall–Kier alpha value is -2.69. The molecule has 0 atom stereocenters. The van der Waals surface area contributed by atoms with Crippen LogP contribution in [-0.2, 0) is 6.42 Å². The van der Waals surface area contributed by atoms with Gasteiger partial charge in [0.1, 0.15) is 17.5 Å². The number of nitrogen functional groups attached to an aromatic ring is 1. The van der Waals surface area contributed by atoms with Gasteiger partial charge in [-0.25, -0.2) is 9.97 Å². The molecule has 2 aromatic heterocycles. The zero-order valence-electron chi connectivity index (χ0n) is 12.1. The zero-order chi connectivity index (χ0) is 14.8. The van der Waals surface area contributed by atoms with E-state index >= 15 is 0 Å². The highest BCUT2D eigenvalue weighted by molar-refractivity contribution is 5.92. The summed E-state index contributed by atoms with van der Waals surface area (Å²) in [5, 5.41) is 4.38. The van der Waals surface area contributed by atoms with E-state index in [9.17, 15) is 0 Å². The van der Waals surface area contributed by atoms with Crippen LogP contribution in [0.4, 0.5) is 17.3 Å². The molecule has 0 aliphatic carbocycles. The minimum Gasteiger partial charge on any atom is -0.384 e. The fourth-order valence-corrected chi connectivity index (χ4v) is 2.22. The van der Waals surface area contributed by atoms with Gasteiger partial charge in [0.25, 0.3) is 0 Å². The Morgan fingerprint density at radius 3 is 2.76 bits per heavy atom. The Morgan fingerprint density at radius 1 is 1.10 bits per heavy atom. The Kier molecular flexibility index (Phi) is 3.39. The molecule has 0 amide bonds. The van der Waals surface area contributed by atoms with Crippen molar-refractivity contribution in [2.24, 2.45) is 0 Å². The van der Waals surface area contributed by atoms with Crippen molar-refractivity contribution in [1.29, 1.82) is 0 Å². The highest BCUT2D eigenvalue weighted by atomic mass is 15.1. The zero-order valence-corrected chi connectivity index (χ0v) is 12.1. The maximum Gasteiger partial charge on any atom is 0.136 e. The molecule has 21 heavy (non-hydrogen) atoms. The maximum atomic E-state index is 5.82. The molecular weight excluding hydrogens is 262 g/mol. The second-order valence-corrected chi connectivity index (χ2v) is 4.90. The molecule has 0 bridgehead atoms. The van der Waals surface area contributed by atoms with Crippen LogP contribution in [-0.4, -0.2) is 15.0 Å². The number of nitrogens with one attached hydrogen (secondary N) is 1. The minimum atomic E-state index is 0.466. The predicted octanol–water partition coefficient (Wildman–Crippen LogP) is 3.22. The van der Waals surface area contributed by atoms with Gasteiger partial charge in [-0.05, 0) is 19.1 Å². The average Bonchev–Trinajstić information content (AvgIpc) is 2.47. The van der Waals surface area contributed by atoms with E-state index in [2.05, 4.69) is 26.3 Å². The quantitative estimate of drug-likeness (QED) is 0.769. The molecule has 0 aliphatic rings. The molecular formula is C16H17N5. The van der Waals surface area contributed by atoms with Crippen LogP contribution < -0.4 is 11.1 Å².